The number of hydrogen-bond donors (Lipinski definition) is 3. The number of amides is 2. The number of fused-ring (bicyclic) bond motifs is 1. The van der Waals surface area contributed by atoms with Crippen molar-refractivity contribution in [1.82, 2.24) is 4.98 Å². The van der Waals surface area contributed by atoms with Crippen molar-refractivity contribution >= 4 is 56.7 Å². The number of anilines is 1. The van der Waals surface area contributed by atoms with Crippen molar-refractivity contribution in [2.24, 2.45) is 10.2 Å². The standard InChI is InChI=1S/C28H27IN4O4/c1-2-3-4-5-16-37-22-13-8-18(9-14-22)26(34)30-21-11-6-19(7-12-21)27(35)33-32-25-23-17-20(29)10-15-24(23)31-28(25)36/h6-15,17,31,36H,2-5,16H2,1H3,(H,30,34). The summed E-state index contributed by atoms with van der Waals surface area (Å²) in [5, 5.41) is 21.4. The minimum Gasteiger partial charge on any atom is -0.494 e. The number of H-pyrrole nitrogens is 1. The summed E-state index contributed by atoms with van der Waals surface area (Å²) in [7, 11) is 0. The van der Waals surface area contributed by atoms with E-state index >= 15 is 0 Å². The van der Waals surface area contributed by atoms with Crippen LogP contribution in [0.25, 0.3) is 10.9 Å². The lowest BCUT2D eigenvalue weighted by Crippen LogP contribution is -2.12. The van der Waals surface area contributed by atoms with Gasteiger partial charge in [0.15, 0.2) is 5.69 Å². The number of carbonyl (C=O) groups excluding carboxylic acids is 2. The molecule has 0 saturated carbocycles. The van der Waals surface area contributed by atoms with Crippen molar-refractivity contribution in [1.29, 1.82) is 0 Å². The summed E-state index contributed by atoms with van der Waals surface area (Å²) in [4.78, 5) is 27.9. The number of aromatic hydroxyl groups is 1. The number of aromatic amines is 1. The van der Waals surface area contributed by atoms with Crippen LogP contribution in [0.3, 0.4) is 0 Å². The summed E-state index contributed by atoms with van der Waals surface area (Å²) in [6, 6.07) is 18.9. The lowest BCUT2D eigenvalue weighted by molar-refractivity contribution is 0.0993. The topological polar surface area (TPSA) is 116 Å². The van der Waals surface area contributed by atoms with E-state index in [0.29, 0.717) is 34.3 Å². The number of unbranched alkanes of at least 4 members (excludes halogenated alkanes) is 3. The van der Waals surface area contributed by atoms with Gasteiger partial charge in [-0.1, -0.05) is 26.2 Å². The predicted octanol–water partition coefficient (Wildman–Crippen LogP) is 7.61. The van der Waals surface area contributed by atoms with Crippen LogP contribution in [0.4, 0.5) is 11.4 Å². The lowest BCUT2D eigenvalue weighted by atomic mass is 10.1. The fourth-order valence-corrected chi connectivity index (χ4v) is 4.20. The van der Waals surface area contributed by atoms with Crippen LogP contribution in [-0.2, 0) is 0 Å². The second-order valence-electron chi connectivity index (χ2n) is 8.48. The fraction of sp³-hybridized carbons (Fsp3) is 0.214. The van der Waals surface area contributed by atoms with Gasteiger partial charge in [0.1, 0.15) is 5.75 Å². The monoisotopic (exact) mass is 610 g/mol. The average molecular weight is 610 g/mol. The molecule has 4 aromatic rings. The van der Waals surface area contributed by atoms with E-state index in [1.54, 1.807) is 48.5 Å². The lowest BCUT2D eigenvalue weighted by Gasteiger charge is -2.08. The van der Waals surface area contributed by atoms with Crippen molar-refractivity contribution in [3.63, 3.8) is 0 Å². The Morgan fingerprint density at radius 2 is 1.70 bits per heavy atom. The number of azo groups is 1. The summed E-state index contributed by atoms with van der Waals surface area (Å²) in [6.07, 6.45) is 4.56. The summed E-state index contributed by atoms with van der Waals surface area (Å²) < 4.78 is 6.69. The summed E-state index contributed by atoms with van der Waals surface area (Å²) >= 11 is 2.16. The predicted molar refractivity (Wildman–Crippen MR) is 152 cm³/mol. The van der Waals surface area contributed by atoms with Crippen LogP contribution in [0.2, 0.25) is 0 Å². The molecule has 8 nitrogen and oxygen atoms in total. The van der Waals surface area contributed by atoms with Gasteiger partial charge in [0.25, 0.3) is 11.8 Å². The van der Waals surface area contributed by atoms with Crippen LogP contribution >= 0.6 is 22.6 Å². The van der Waals surface area contributed by atoms with Gasteiger partial charge in [-0.2, -0.15) is 0 Å². The van der Waals surface area contributed by atoms with Gasteiger partial charge in [-0.25, -0.2) is 0 Å². The minimum absolute atomic E-state index is 0.154. The molecule has 0 spiro atoms. The Kier molecular flexibility index (Phi) is 8.89. The van der Waals surface area contributed by atoms with Gasteiger partial charge < -0.3 is 20.1 Å². The Morgan fingerprint density at radius 1 is 0.973 bits per heavy atom. The second kappa shape index (κ2) is 12.5. The van der Waals surface area contributed by atoms with Crippen molar-refractivity contribution in [2.75, 3.05) is 11.9 Å². The first-order valence-corrected chi connectivity index (χ1v) is 13.1. The number of nitrogens with one attached hydrogen (secondary N) is 2. The third-order valence-electron chi connectivity index (χ3n) is 5.73. The molecular weight excluding hydrogens is 583 g/mol. The number of benzene rings is 3. The fourth-order valence-electron chi connectivity index (χ4n) is 3.71. The SMILES string of the molecule is CCCCCCOc1ccc(C(=O)Nc2ccc(C(=O)N=Nc3c(O)[nH]c4ccc(I)cc34)cc2)cc1. The Hall–Kier alpha value is -3.73. The van der Waals surface area contributed by atoms with Crippen LogP contribution in [0.1, 0.15) is 53.3 Å². The second-order valence-corrected chi connectivity index (χ2v) is 9.73. The average Bonchev–Trinajstić information content (AvgIpc) is 3.21. The zero-order chi connectivity index (χ0) is 26.2. The molecule has 2 amide bonds. The van der Waals surface area contributed by atoms with E-state index in [1.165, 1.54) is 12.8 Å². The van der Waals surface area contributed by atoms with Crippen molar-refractivity contribution < 1.29 is 19.4 Å². The Labute approximate surface area is 228 Å². The first kappa shape index (κ1) is 26.3. The van der Waals surface area contributed by atoms with Gasteiger partial charge in [0.05, 0.1) is 12.1 Å². The van der Waals surface area contributed by atoms with Crippen molar-refractivity contribution in [2.45, 2.75) is 32.6 Å². The summed E-state index contributed by atoms with van der Waals surface area (Å²) in [5.41, 5.74) is 2.25. The Bertz CT molecular complexity index is 1410. The van der Waals surface area contributed by atoms with Crippen LogP contribution < -0.4 is 10.1 Å². The summed E-state index contributed by atoms with van der Waals surface area (Å²) in [6.45, 7) is 2.84. The number of halogens is 1. The molecule has 190 valence electrons. The number of aromatic nitrogens is 1. The number of ether oxygens (including phenoxy) is 1. The molecule has 0 radical (unpaired) electrons. The number of carbonyl (C=O) groups is 2. The first-order chi connectivity index (χ1) is 17.9. The highest BCUT2D eigenvalue weighted by molar-refractivity contribution is 14.1. The molecule has 0 atom stereocenters. The van der Waals surface area contributed by atoms with E-state index in [-0.39, 0.29) is 17.5 Å². The first-order valence-electron chi connectivity index (χ1n) is 12.0. The van der Waals surface area contributed by atoms with Gasteiger partial charge in [0, 0.05) is 25.8 Å². The van der Waals surface area contributed by atoms with E-state index in [1.807, 2.05) is 18.2 Å². The van der Waals surface area contributed by atoms with Gasteiger partial charge in [0.2, 0.25) is 5.88 Å². The molecule has 0 unspecified atom stereocenters. The zero-order valence-corrected chi connectivity index (χ0v) is 22.5. The third kappa shape index (κ3) is 6.94. The van der Waals surface area contributed by atoms with Gasteiger partial charge in [-0.05, 0) is 95.7 Å². The highest BCUT2D eigenvalue weighted by atomic mass is 127. The van der Waals surface area contributed by atoms with Crippen molar-refractivity contribution in [3.05, 3.63) is 81.4 Å². The van der Waals surface area contributed by atoms with Crippen LogP contribution in [-0.4, -0.2) is 28.5 Å². The molecule has 37 heavy (non-hydrogen) atoms. The van der Waals surface area contributed by atoms with Gasteiger partial charge in [-0.15, -0.1) is 10.2 Å². The molecule has 3 N–H and O–H groups in total. The van der Waals surface area contributed by atoms with E-state index in [9.17, 15) is 14.7 Å². The van der Waals surface area contributed by atoms with E-state index < -0.39 is 5.91 Å². The molecule has 4 rings (SSSR count). The Balaban J connectivity index is 1.34. The molecule has 0 bridgehead atoms. The largest absolute Gasteiger partial charge is 0.494 e. The summed E-state index contributed by atoms with van der Waals surface area (Å²) in [5.74, 6) is -0.251. The molecule has 3 aromatic carbocycles. The normalized spacial score (nSPS) is 11.2. The molecule has 0 aliphatic rings. The van der Waals surface area contributed by atoms with Crippen molar-refractivity contribution in [3.8, 4) is 11.6 Å². The highest BCUT2D eigenvalue weighted by Gasteiger charge is 2.13. The highest BCUT2D eigenvalue weighted by Crippen LogP contribution is 2.36. The molecule has 9 heteroatoms. The van der Waals surface area contributed by atoms with E-state index in [0.717, 1.165) is 22.2 Å². The maximum absolute atomic E-state index is 12.6. The van der Waals surface area contributed by atoms with Crippen LogP contribution in [0.15, 0.2) is 77.0 Å². The number of rotatable bonds is 10. The number of hydrogen-bond acceptors (Lipinski definition) is 5. The van der Waals surface area contributed by atoms with E-state index in [2.05, 4.69) is 50.0 Å². The Morgan fingerprint density at radius 3 is 2.43 bits per heavy atom. The smallest absolute Gasteiger partial charge is 0.295 e. The van der Waals surface area contributed by atoms with Crippen LogP contribution in [0, 0.1) is 3.57 Å². The maximum Gasteiger partial charge on any atom is 0.295 e. The molecular formula is C28H27IN4O4. The van der Waals surface area contributed by atoms with Gasteiger partial charge in [-0.3, -0.25) is 9.59 Å². The number of nitrogens with zero attached hydrogens (tertiary/aromatic N) is 2. The van der Waals surface area contributed by atoms with Gasteiger partial charge >= 0.3 is 0 Å². The third-order valence-corrected chi connectivity index (χ3v) is 6.40. The van der Waals surface area contributed by atoms with E-state index in [4.69, 9.17) is 4.74 Å². The quantitative estimate of drug-likeness (QED) is 0.0974. The molecule has 1 aromatic heterocycles. The maximum atomic E-state index is 12.6. The molecule has 0 aliphatic heterocycles. The zero-order valence-electron chi connectivity index (χ0n) is 20.3. The molecule has 0 aliphatic carbocycles. The molecule has 0 fully saturated rings. The molecule has 1 heterocycles. The minimum atomic E-state index is -0.567. The molecule has 0 saturated heterocycles. The van der Waals surface area contributed by atoms with Crippen LogP contribution in [0.5, 0.6) is 11.6 Å².